The SMILES string of the molecule is CCOc1cc(CN(C)CCCN2C(=O)c3ccccc3C2=O)ccc1OC(F)F. The minimum Gasteiger partial charge on any atom is -0.490 e. The Bertz CT molecular complexity index is 885. The van der Waals surface area contributed by atoms with Crippen molar-refractivity contribution in [2.24, 2.45) is 0 Å². The molecule has 0 saturated carbocycles. The number of amides is 2. The Morgan fingerprint density at radius 2 is 1.70 bits per heavy atom. The van der Waals surface area contributed by atoms with Gasteiger partial charge in [-0.2, -0.15) is 8.78 Å². The third kappa shape index (κ3) is 4.94. The topological polar surface area (TPSA) is 59.1 Å². The van der Waals surface area contributed by atoms with Crippen LogP contribution >= 0.6 is 0 Å². The number of nitrogens with zero attached hydrogens (tertiary/aromatic N) is 2. The molecule has 160 valence electrons. The van der Waals surface area contributed by atoms with Crippen LogP contribution in [0, 0.1) is 0 Å². The van der Waals surface area contributed by atoms with Crippen LogP contribution in [0.4, 0.5) is 8.78 Å². The second-order valence-electron chi connectivity index (χ2n) is 6.99. The Labute approximate surface area is 174 Å². The second-order valence-corrected chi connectivity index (χ2v) is 6.99. The number of hydrogen-bond donors (Lipinski definition) is 0. The van der Waals surface area contributed by atoms with Gasteiger partial charge in [0.15, 0.2) is 11.5 Å². The molecule has 0 saturated heterocycles. The van der Waals surface area contributed by atoms with Gasteiger partial charge >= 0.3 is 6.61 Å². The summed E-state index contributed by atoms with van der Waals surface area (Å²) in [5.41, 5.74) is 1.78. The first kappa shape index (κ1) is 21.7. The Morgan fingerprint density at radius 1 is 1.03 bits per heavy atom. The molecule has 2 aromatic rings. The van der Waals surface area contributed by atoms with Crippen molar-refractivity contribution in [2.45, 2.75) is 26.5 Å². The summed E-state index contributed by atoms with van der Waals surface area (Å²) in [5.74, 6) is -0.234. The Kier molecular flexibility index (Phi) is 6.99. The van der Waals surface area contributed by atoms with E-state index in [0.717, 1.165) is 5.56 Å². The van der Waals surface area contributed by atoms with Crippen molar-refractivity contribution < 1.29 is 27.8 Å². The normalized spacial score (nSPS) is 13.3. The molecule has 0 spiro atoms. The average molecular weight is 418 g/mol. The molecule has 0 bridgehead atoms. The van der Waals surface area contributed by atoms with Crippen molar-refractivity contribution in [3.05, 3.63) is 59.2 Å². The molecule has 3 rings (SSSR count). The van der Waals surface area contributed by atoms with Crippen LogP contribution in [0.2, 0.25) is 0 Å². The Hall–Kier alpha value is -3.00. The summed E-state index contributed by atoms with van der Waals surface area (Å²) >= 11 is 0. The highest BCUT2D eigenvalue weighted by Crippen LogP contribution is 2.30. The fourth-order valence-corrected chi connectivity index (χ4v) is 3.44. The molecule has 0 radical (unpaired) electrons. The lowest BCUT2D eigenvalue weighted by atomic mass is 10.1. The number of hydrogen-bond acceptors (Lipinski definition) is 5. The van der Waals surface area contributed by atoms with Gasteiger partial charge in [0.1, 0.15) is 0 Å². The molecule has 6 nitrogen and oxygen atoms in total. The average Bonchev–Trinajstić information content (AvgIpc) is 2.95. The van der Waals surface area contributed by atoms with E-state index in [2.05, 4.69) is 4.74 Å². The number of halogens is 2. The van der Waals surface area contributed by atoms with E-state index in [9.17, 15) is 18.4 Å². The van der Waals surface area contributed by atoms with Gasteiger partial charge in [-0.25, -0.2) is 0 Å². The summed E-state index contributed by atoms with van der Waals surface area (Å²) in [6, 6.07) is 11.7. The maximum Gasteiger partial charge on any atom is 0.387 e. The molecular formula is C22H24F2N2O4. The zero-order valence-corrected chi connectivity index (χ0v) is 16.9. The quantitative estimate of drug-likeness (QED) is 0.550. The highest BCUT2D eigenvalue weighted by Gasteiger charge is 2.34. The van der Waals surface area contributed by atoms with E-state index in [0.29, 0.717) is 43.8 Å². The molecule has 2 aromatic carbocycles. The molecule has 2 amide bonds. The highest BCUT2D eigenvalue weighted by molar-refractivity contribution is 6.21. The van der Waals surface area contributed by atoms with Gasteiger partial charge in [0.2, 0.25) is 0 Å². The molecule has 0 unspecified atom stereocenters. The minimum atomic E-state index is -2.92. The van der Waals surface area contributed by atoms with E-state index >= 15 is 0 Å². The molecule has 0 aromatic heterocycles. The number of imide groups is 1. The van der Waals surface area contributed by atoms with E-state index in [1.807, 2.05) is 11.9 Å². The fourth-order valence-electron chi connectivity index (χ4n) is 3.44. The van der Waals surface area contributed by atoms with E-state index in [-0.39, 0.29) is 23.3 Å². The standard InChI is InChI=1S/C22H24F2N2O4/c1-3-29-19-13-15(9-10-18(19)30-22(23)24)14-25(2)11-6-12-26-20(27)16-7-4-5-8-17(16)21(26)28/h4-5,7-10,13,22H,3,6,11-12,14H2,1-2H3. The molecule has 8 heteroatoms. The molecule has 30 heavy (non-hydrogen) atoms. The summed E-state index contributed by atoms with van der Waals surface area (Å²) in [4.78, 5) is 28.1. The van der Waals surface area contributed by atoms with Crippen molar-refractivity contribution in [2.75, 3.05) is 26.7 Å². The van der Waals surface area contributed by atoms with Gasteiger partial charge in [-0.3, -0.25) is 14.5 Å². The molecule has 0 aliphatic carbocycles. The van der Waals surface area contributed by atoms with Crippen LogP contribution in [-0.4, -0.2) is 55.0 Å². The van der Waals surface area contributed by atoms with Crippen molar-refractivity contribution in [3.63, 3.8) is 0 Å². The number of ether oxygens (including phenoxy) is 2. The summed E-state index contributed by atoms with van der Waals surface area (Å²) in [7, 11) is 1.91. The first-order chi connectivity index (χ1) is 14.4. The predicted octanol–water partition coefficient (Wildman–Crippen LogP) is 3.80. The van der Waals surface area contributed by atoms with Gasteiger partial charge in [0.05, 0.1) is 17.7 Å². The predicted molar refractivity (Wildman–Crippen MR) is 107 cm³/mol. The molecule has 1 aliphatic rings. The van der Waals surface area contributed by atoms with Gasteiger partial charge in [0, 0.05) is 13.1 Å². The summed E-state index contributed by atoms with van der Waals surface area (Å²) < 4.78 is 34.9. The summed E-state index contributed by atoms with van der Waals surface area (Å²) in [6.07, 6.45) is 0.618. The highest BCUT2D eigenvalue weighted by atomic mass is 19.3. The first-order valence-corrected chi connectivity index (χ1v) is 9.75. The van der Waals surface area contributed by atoms with Crippen molar-refractivity contribution in [1.82, 2.24) is 9.80 Å². The number of benzene rings is 2. The number of alkyl halides is 2. The van der Waals surface area contributed by atoms with Crippen molar-refractivity contribution >= 4 is 11.8 Å². The molecule has 0 fully saturated rings. The van der Waals surface area contributed by atoms with Crippen molar-refractivity contribution in [3.8, 4) is 11.5 Å². The van der Waals surface area contributed by atoms with Gasteiger partial charge in [0.25, 0.3) is 11.8 Å². The van der Waals surface area contributed by atoms with Crippen LogP contribution in [0.5, 0.6) is 11.5 Å². The van der Waals surface area contributed by atoms with E-state index in [4.69, 9.17) is 4.74 Å². The molecule has 0 N–H and O–H groups in total. The van der Waals surface area contributed by atoms with Gasteiger partial charge in [-0.1, -0.05) is 18.2 Å². The number of carbonyl (C=O) groups excluding carboxylic acids is 2. The number of carbonyl (C=O) groups is 2. The van der Waals surface area contributed by atoms with E-state index in [1.54, 1.807) is 43.3 Å². The molecule has 1 aliphatic heterocycles. The monoisotopic (exact) mass is 418 g/mol. The van der Waals surface area contributed by atoms with Gasteiger partial charge < -0.3 is 14.4 Å². The summed E-state index contributed by atoms with van der Waals surface area (Å²) in [6.45, 7) is 0.717. The first-order valence-electron chi connectivity index (χ1n) is 9.75. The maximum absolute atomic E-state index is 12.5. The fraction of sp³-hybridized carbons (Fsp3) is 0.364. The largest absolute Gasteiger partial charge is 0.490 e. The zero-order chi connectivity index (χ0) is 21.7. The summed E-state index contributed by atoms with van der Waals surface area (Å²) in [5, 5.41) is 0. The third-order valence-corrected chi connectivity index (χ3v) is 4.78. The van der Waals surface area contributed by atoms with Crippen LogP contribution in [0.15, 0.2) is 42.5 Å². The number of fused-ring (bicyclic) bond motifs is 1. The third-order valence-electron chi connectivity index (χ3n) is 4.78. The molecular weight excluding hydrogens is 394 g/mol. The number of rotatable bonds is 10. The Morgan fingerprint density at radius 3 is 2.30 bits per heavy atom. The van der Waals surface area contributed by atoms with E-state index < -0.39 is 6.61 Å². The lowest BCUT2D eigenvalue weighted by Crippen LogP contribution is -2.32. The minimum absolute atomic E-state index is 0.00359. The molecule has 0 atom stereocenters. The lowest BCUT2D eigenvalue weighted by molar-refractivity contribution is -0.0514. The second kappa shape index (κ2) is 9.67. The van der Waals surface area contributed by atoms with Crippen LogP contribution in [0.25, 0.3) is 0 Å². The van der Waals surface area contributed by atoms with Crippen molar-refractivity contribution in [1.29, 1.82) is 0 Å². The Balaban J connectivity index is 1.54. The van der Waals surface area contributed by atoms with Crippen LogP contribution in [-0.2, 0) is 6.54 Å². The van der Waals surface area contributed by atoms with Crippen LogP contribution in [0.1, 0.15) is 39.6 Å². The van der Waals surface area contributed by atoms with Crippen LogP contribution < -0.4 is 9.47 Å². The lowest BCUT2D eigenvalue weighted by Gasteiger charge is -2.20. The van der Waals surface area contributed by atoms with Gasteiger partial charge in [-0.15, -0.1) is 0 Å². The zero-order valence-electron chi connectivity index (χ0n) is 16.9. The maximum atomic E-state index is 12.5. The van der Waals surface area contributed by atoms with Gasteiger partial charge in [-0.05, 0) is 56.8 Å². The smallest absolute Gasteiger partial charge is 0.387 e. The molecule has 1 heterocycles. The van der Waals surface area contributed by atoms with Crippen LogP contribution in [0.3, 0.4) is 0 Å². The van der Waals surface area contributed by atoms with E-state index in [1.165, 1.54) is 11.0 Å².